The first-order chi connectivity index (χ1) is 13.8. The first kappa shape index (κ1) is 17.9. The minimum absolute atomic E-state index is 0.108. The van der Waals surface area contributed by atoms with Crippen LogP contribution in [0.1, 0.15) is 16.2 Å². The molecule has 0 aliphatic rings. The van der Waals surface area contributed by atoms with Gasteiger partial charge in [0.15, 0.2) is 6.61 Å². The van der Waals surface area contributed by atoms with Crippen molar-refractivity contribution in [2.75, 3.05) is 0 Å². The lowest BCUT2D eigenvalue weighted by Gasteiger charge is -2.07. The van der Waals surface area contributed by atoms with Gasteiger partial charge in [-0.2, -0.15) is 0 Å². The summed E-state index contributed by atoms with van der Waals surface area (Å²) in [7, 11) is 0. The maximum atomic E-state index is 12.5. The molecule has 4 aromatic rings. The van der Waals surface area contributed by atoms with Crippen LogP contribution in [-0.2, 0) is 11.3 Å². The van der Waals surface area contributed by atoms with E-state index >= 15 is 0 Å². The number of nitrogens with zero attached hydrogens (tertiary/aromatic N) is 3. The van der Waals surface area contributed by atoms with Gasteiger partial charge in [0.1, 0.15) is 5.03 Å². The van der Waals surface area contributed by atoms with Gasteiger partial charge in [0.25, 0.3) is 5.89 Å². The zero-order valence-electron chi connectivity index (χ0n) is 14.7. The Labute approximate surface area is 165 Å². The van der Waals surface area contributed by atoms with Gasteiger partial charge in [-0.15, -0.1) is 10.2 Å². The SMILES string of the molecule is O=C(OCc1nnc(-c2ccccc2)o1)c1cccnc1Sc1ccccc1. The van der Waals surface area contributed by atoms with E-state index in [4.69, 9.17) is 9.15 Å². The van der Waals surface area contributed by atoms with E-state index < -0.39 is 5.97 Å². The van der Waals surface area contributed by atoms with E-state index in [9.17, 15) is 4.79 Å². The van der Waals surface area contributed by atoms with Crippen molar-refractivity contribution in [1.29, 1.82) is 0 Å². The third-order valence-electron chi connectivity index (χ3n) is 3.76. The highest BCUT2D eigenvalue weighted by atomic mass is 32.2. The predicted molar refractivity (Wildman–Crippen MR) is 104 cm³/mol. The van der Waals surface area contributed by atoms with E-state index in [0.29, 0.717) is 16.5 Å². The van der Waals surface area contributed by atoms with Gasteiger partial charge < -0.3 is 9.15 Å². The molecule has 28 heavy (non-hydrogen) atoms. The second-order valence-corrected chi connectivity index (χ2v) is 6.78. The first-order valence-electron chi connectivity index (χ1n) is 8.52. The number of carbonyl (C=O) groups is 1. The number of aromatic nitrogens is 3. The normalized spacial score (nSPS) is 10.6. The molecule has 6 nitrogen and oxygen atoms in total. The Morgan fingerprint density at radius 1 is 0.929 bits per heavy atom. The molecule has 2 aromatic heterocycles. The van der Waals surface area contributed by atoms with Crippen molar-refractivity contribution in [1.82, 2.24) is 15.2 Å². The van der Waals surface area contributed by atoms with Crippen LogP contribution in [0.5, 0.6) is 0 Å². The number of rotatable bonds is 6. The van der Waals surface area contributed by atoms with Crippen LogP contribution in [0.4, 0.5) is 0 Å². The summed E-state index contributed by atoms with van der Waals surface area (Å²) >= 11 is 1.40. The van der Waals surface area contributed by atoms with Crippen LogP contribution < -0.4 is 0 Å². The van der Waals surface area contributed by atoms with Crippen LogP contribution in [0, 0.1) is 0 Å². The number of ether oxygens (including phenoxy) is 1. The molecule has 138 valence electrons. The fourth-order valence-corrected chi connectivity index (χ4v) is 3.33. The molecular formula is C21H15N3O3S. The Hall–Kier alpha value is -3.45. The van der Waals surface area contributed by atoms with Crippen molar-refractivity contribution in [3.8, 4) is 11.5 Å². The molecule has 2 aromatic carbocycles. The highest BCUT2D eigenvalue weighted by Gasteiger charge is 2.17. The zero-order chi connectivity index (χ0) is 19.2. The summed E-state index contributed by atoms with van der Waals surface area (Å²) in [5.41, 5.74) is 1.19. The molecule has 0 saturated heterocycles. The van der Waals surface area contributed by atoms with Crippen LogP contribution in [0.25, 0.3) is 11.5 Å². The van der Waals surface area contributed by atoms with Crippen molar-refractivity contribution >= 4 is 17.7 Å². The van der Waals surface area contributed by atoms with Crippen LogP contribution in [0.2, 0.25) is 0 Å². The number of carbonyl (C=O) groups excluding carboxylic acids is 1. The molecule has 0 radical (unpaired) electrons. The molecule has 0 aliphatic heterocycles. The Bertz CT molecular complexity index is 1070. The Morgan fingerprint density at radius 3 is 2.46 bits per heavy atom. The van der Waals surface area contributed by atoms with Gasteiger partial charge in [-0.05, 0) is 36.4 Å². The summed E-state index contributed by atoms with van der Waals surface area (Å²) in [6.45, 7) is -0.108. The van der Waals surface area contributed by atoms with E-state index in [1.165, 1.54) is 11.8 Å². The molecule has 0 unspecified atom stereocenters. The number of esters is 1. The van der Waals surface area contributed by atoms with Crippen LogP contribution in [0.15, 0.2) is 93.3 Å². The lowest BCUT2D eigenvalue weighted by atomic mass is 10.2. The van der Waals surface area contributed by atoms with Gasteiger partial charge >= 0.3 is 5.97 Å². The van der Waals surface area contributed by atoms with Crippen molar-refractivity contribution in [3.05, 3.63) is 90.4 Å². The standard InChI is InChI=1S/C21H15N3O3S/c25-21(17-12-7-13-22-20(17)28-16-10-5-2-6-11-16)26-14-18-23-24-19(27-18)15-8-3-1-4-9-15/h1-13H,14H2. The molecule has 0 bridgehead atoms. The minimum atomic E-state index is -0.494. The lowest BCUT2D eigenvalue weighted by molar-refractivity contribution is 0.0433. The quantitative estimate of drug-likeness (QED) is 0.445. The maximum Gasteiger partial charge on any atom is 0.341 e. The predicted octanol–water partition coefficient (Wildman–Crippen LogP) is 4.64. The minimum Gasteiger partial charge on any atom is -0.452 e. The third kappa shape index (κ3) is 4.27. The van der Waals surface area contributed by atoms with Crippen molar-refractivity contribution in [2.24, 2.45) is 0 Å². The molecule has 0 amide bonds. The summed E-state index contributed by atoms with van der Waals surface area (Å²) in [5, 5.41) is 8.50. The summed E-state index contributed by atoms with van der Waals surface area (Å²) in [4.78, 5) is 17.8. The molecule has 0 aliphatic carbocycles. The third-order valence-corrected chi connectivity index (χ3v) is 4.79. The van der Waals surface area contributed by atoms with Crippen molar-refractivity contribution < 1.29 is 13.9 Å². The van der Waals surface area contributed by atoms with E-state index in [1.807, 2.05) is 60.7 Å². The van der Waals surface area contributed by atoms with E-state index in [0.717, 1.165) is 10.5 Å². The smallest absolute Gasteiger partial charge is 0.341 e. The molecular weight excluding hydrogens is 374 g/mol. The summed E-state index contributed by atoms with van der Waals surface area (Å²) < 4.78 is 10.9. The summed E-state index contributed by atoms with van der Waals surface area (Å²) in [5.74, 6) is 0.118. The van der Waals surface area contributed by atoms with Gasteiger partial charge in [-0.3, -0.25) is 0 Å². The molecule has 2 heterocycles. The number of hydrogen-bond donors (Lipinski definition) is 0. The monoisotopic (exact) mass is 389 g/mol. The largest absolute Gasteiger partial charge is 0.452 e. The highest BCUT2D eigenvalue weighted by molar-refractivity contribution is 7.99. The molecule has 4 rings (SSSR count). The van der Waals surface area contributed by atoms with Gasteiger partial charge in [0.05, 0.1) is 5.56 Å². The maximum absolute atomic E-state index is 12.5. The van der Waals surface area contributed by atoms with Crippen molar-refractivity contribution in [3.63, 3.8) is 0 Å². The van der Waals surface area contributed by atoms with Crippen LogP contribution in [-0.4, -0.2) is 21.2 Å². The average molecular weight is 389 g/mol. The second-order valence-electron chi connectivity index (χ2n) is 5.71. The molecule has 7 heteroatoms. The fourth-order valence-electron chi connectivity index (χ4n) is 2.44. The Balaban J connectivity index is 1.44. The molecule has 0 fully saturated rings. The zero-order valence-corrected chi connectivity index (χ0v) is 15.5. The Kier molecular flexibility index (Phi) is 5.44. The highest BCUT2D eigenvalue weighted by Crippen LogP contribution is 2.28. The molecule has 0 saturated carbocycles. The lowest BCUT2D eigenvalue weighted by Crippen LogP contribution is -2.07. The van der Waals surface area contributed by atoms with Gasteiger partial charge in [-0.1, -0.05) is 48.2 Å². The van der Waals surface area contributed by atoms with E-state index in [-0.39, 0.29) is 12.5 Å². The summed E-state index contributed by atoms with van der Waals surface area (Å²) in [6.07, 6.45) is 1.65. The molecule has 0 spiro atoms. The number of pyridine rings is 1. The average Bonchev–Trinajstić information content (AvgIpc) is 3.23. The van der Waals surface area contributed by atoms with Crippen LogP contribution in [0.3, 0.4) is 0 Å². The van der Waals surface area contributed by atoms with E-state index in [1.54, 1.807) is 18.3 Å². The second kappa shape index (κ2) is 8.49. The van der Waals surface area contributed by atoms with Crippen molar-refractivity contribution in [2.45, 2.75) is 16.5 Å². The first-order valence-corrected chi connectivity index (χ1v) is 9.34. The van der Waals surface area contributed by atoms with Gasteiger partial charge in [-0.25, -0.2) is 9.78 Å². The van der Waals surface area contributed by atoms with Gasteiger partial charge in [0, 0.05) is 16.7 Å². The Morgan fingerprint density at radius 2 is 1.68 bits per heavy atom. The molecule has 0 N–H and O–H groups in total. The van der Waals surface area contributed by atoms with Gasteiger partial charge in [0.2, 0.25) is 5.89 Å². The fraction of sp³-hybridized carbons (Fsp3) is 0.0476. The molecule has 0 atom stereocenters. The number of hydrogen-bond acceptors (Lipinski definition) is 7. The topological polar surface area (TPSA) is 78.1 Å². The van der Waals surface area contributed by atoms with Crippen LogP contribution >= 0.6 is 11.8 Å². The van der Waals surface area contributed by atoms with E-state index in [2.05, 4.69) is 15.2 Å². The summed E-state index contributed by atoms with van der Waals surface area (Å²) in [6, 6.07) is 22.5. The number of benzene rings is 2.